The maximum Gasteiger partial charge on any atom is 0.194 e. The van der Waals surface area contributed by atoms with Gasteiger partial charge in [-0.3, -0.25) is 4.79 Å². The lowest BCUT2D eigenvalue weighted by atomic mass is 9.66. The van der Waals surface area contributed by atoms with Gasteiger partial charge in [-0.1, -0.05) is 24.3 Å². The zero-order chi connectivity index (χ0) is 13.0. The van der Waals surface area contributed by atoms with Crippen LogP contribution >= 0.6 is 11.8 Å². The van der Waals surface area contributed by atoms with Crippen molar-refractivity contribution in [1.82, 2.24) is 4.90 Å². The Morgan fingerprint density at radius 1 is 1.32 bits per heavy atom. The molecule has 1 aliphatic carbocycles. The predicted octanol–water partition coefficient (Wildman–Crippen LogP) is 4.32. The summed E-state index contributed by atoms with van der Waals surface area (Å²) >= 11 is 1.54. The van der Waals surface area contributed by atoms with E-state index in [1.54, 1.807) is 11.8 Å². The summed E-state index contributed by atoms with van der Waals surface area (Å²) in [7, 11) is 0. The molecule has 0 aromatic carbocycles. The van der Waals surface area contributed by atoms with Crippen molar-refractivity contribution in [3.05, 3.63) is 34.1 Å². The van der Waals surface area contributed by atoms with Gasteiger partial charge >= 0.3 is 0 Å². The highest BCUT2D eigenvalue weighted by Gasteiger charge is 2.51. The van der Waals surface area contributed by atoms with Crippen LogP contribution in [-0.4, -0.2) is 10.0 Å². The molecule has 2 nitrogen and oxygen atoms in total. The number of nitrogens with zero attached hydrogens (tertiary/aromatic N) is 1. The van der Waals surface area contributed by atoms with Crippen LogP contribution in [0.1, 0.15) is 51.9 Å². The Balaban J connectivity index is 1.91. The molecule has 1 saturated heterocycles. The first-order valence-electron chi connectivity index (χ1n) is 7.32. The fourth-order valence-electron chi connectivity index (χ4n) is 4.11. The number of allylic oxidation sites excluding steroid dienone is 5. The molecular weight excluding hydrogens is 254 g/mol. The van der Waals surface area contributed by atoms with E-state index in [1.165, 1.54) is 47.6 Å². The van der Waals surface area contributed by atoms with Crippen LogP contribution in [0.2, 0.25) is 0 Å². The van der Waals surface area contributed by atoms with Gasteiger partial charge in [0.05, 0.1) is 0 Å². The smallest absolute Gasteiger partial charge is 0.194 e. The van der Waals surface area contributed by atoms with Crippen molar-refractivity contribution < 1.29 is 4.79 Å². The average molecular weight is 273 g/mol. The Labute approximate surface area is 118 Å². The Kier molecular flexibility index (Phi) is 2.50. The number of thioether (sulfide) groups is 1. The van der Waals surface area contributed by atoms with Gasteiger partial charge < -0.3 is 4.90 Å². The molecule has 0 aromatic heterocycles. The summed E-state index contributed by atoms with van der Waals surface area (Å²) in [5, 5.41) is 0.379. The van der Waals surface area contributed by atoms with E-state index >= 15 is 0 Å². The minimum absolute atomic E-state index is 0.115. The summed E-state index contributed by atoms with van der Waals surface area (Å²) in [5.41, 5.74) is 4.39. The van der Waals surface area contributed by atoms with Crippen LogP contribution in [0.15, 0.2) is 34.1 Å². The molecule has 0 radical (unpaired) electrons. The molecule has 0 aromatic rings. The predicted molar refractivity (Wildman–Crippen MR) is 78.1 cm³/mol. The molecule has 19 heavy (non-hydrogen) atoms. The summed E-state index contributed by atoms with van der Waals surface area (Å²) in [6.07, 6.45) is 12.6. The number of carbonyl (C=O) groups excluding carboxylic acids is 1. The molecule has 100 valence electrons. The molecule has 0 bridgehead atoms. The third kappa shape index (κ3) is 1.54. The van der Waals surface area contributed by atoms with Crippen molar-refractivity contribution in [1.29, 1.82) is 0 Å². The molecule has 4 rings (SSSR count). The van der Waals surface area contributed by atoms with E-state index in [9.17, 15) is 4.79 Å². The molecule has 4 aliphatic rings. The zero-order valence-electron chi connectivity index (χ0n) is 11.4. The minimum Gasteiger partial charge on any atom is -0.324 e. The average Bonchev–Trinajstić information content (AvgIpc) is 2.73. The van der Waals surface area contributed by atoms with E-state index in [0.29, 0.717) is 5.12 Å². The summed E-state index contributed by atoms with van der Waals surface area (Å²) in [6.45, 7) is 2.19. The lowest BCUT2D eigenvalue weighted by Crippen LogP contribution is -2.35. The van der Waals surface area contributed by atoms with Crippen molar-refractivity contribution in [2.75, 3.05) is 0 Å². The monoisotopic (exact) mass is 273 g/mol. The maximum atomic E-state index is 12.1. The lowest BCUT2D eigenvalue weighted by molar-refractivity contribution is -0.111. The van der Waals surface area contributed by atoms with E-state index in [1.807, 2.05) is 0 Å². The first-order valence-corrected chi connectivity index (χ1v) is 8.14. The van der Waals surface area contributed by atoms with Gasteiger partial charge in [0.2, 0.25) is 0 Å². The van der Waals surface area contributed by atoms with Crippen LogP contribution in [0.5, 0.6) is 0 Å². The second kappa shape index (κ2) is 4.02. The number of rotatable bonds is 0. The van der Waals surface area contributed by atoms with Gasteiger partial charge in [0.15, 0.2) is 5.12 Å². The maximum absolute atomic E-state index is 12.1. The third-order valence-corrected chi connectivity index (χ3v) is 6.25. The van der Waals surface area contributed by atoms with Crippen molar-refractivity contribution in [2.24, 2.45) is 5.41 Å². The molecule has 0 N–H and O–H groups in total. The SMILES string of the molecule is CC1=CCCC2=C3SC(=O)CC34CCCCC4=CN12. The number of carbonyl (C=O) groups is 1. The first kappa shape index (κ1) is 11.8. The van der Waals surface area contributed by atoms with Gasteiger partial charge in [0.1, 0.15) is 0 Å². The summed E-state index contributed by atoms with van der Waals surface area (Å²) in [6, 6.07) is 0. The Hall–Kier alpha value is -0.960. The largest absolute Gasteiger partial charge is 0.324 e. The molecule has 1 atom stereocenters. The molecular formula is C16H19NOS. The standard InChI is InChI=1S/C16H19NOS/c1-11-5-4-7-13-15-16(9-14(18)19-15)8-3-2-6-12(16)10-17(11)13/h5,10H,2-4,6-9H2,1H3. The van der Waals surface area contributed by atoms with Crippen LogP contribution in [0.25, 0.3) is 0 Å². The van der Waals surface area contributed by atoms with Gasteiger partial charge in [0.25, 0.3) is 0 Å². The second-order valence-electron chi connectivity index (χ2n) is 6.12. The highest BCUT2D eigenvalue weighted by Crippen LogP contribution is 2.62. The van der Waals surface area contributed by atoms with E-state index in [0.717, 1.165) is 19.3 Å². The van der Waals surface area contributed by atoms with E-state index in [2.05, 4.69) is 24.1 Å². The van der Waals surface area contributed by atoms with Gasteiger partial charge in [-0.05, 0) is 44.6 Å². The quantitative estimate of drug-likeness (QED) is 0.655. The van der Waals surface area contributed by atoms with Gasteiger partial charge in [-0.15, -0.1) is 0 Å². The molecule has 3 aliphatic heterocycles. The fraction of sp³-hybridized carbons (Fsp3) is 0.562. The number of fused-ring (bicyclic) bond motifs is 1. The molecule has 1 unspecified atom stereocenters. The molecule has 1 saturated carbocycles. The van der Waals surface area contributed by atoms with E-state index in [4.69, 9.17) is 0 Å². The normalized spacial score (nSPS) is 33.5. The summed E-state index contributed by atoms with van der Waals surface area (Å²) < 4.78 is 0. The van der Waals surface area contributed by atoms with Crippen molar-refractivity contribution >= 4 is 16.9 Å². The van der Waals surface area contributed by atoms with Gasteiger partial charge in [-0.2, -0.15) is 0 Å². The van der Waals surface area contributed by atoms with Crippen LogP contribution in [0.3, 0.4) is 0 Å². The van der Waals surface area contributed by atoms with Crippen molar-refractivity contribution in [2.45, 2.75) is 51.9 Å². The summed E-state index contributed by atoms with van der Waals surface area (Å²) in [5.74, 6) is 0. The molecule has 3 heteroatoms. The topological polar surface area (TPSA) is 20.3 Å². The number of hydrogen-bond acceptors (Lipinski definition) is 3. The van der Waals surface area contributed by atoms with Crippen LogP contribution in [0.4, 0.5) is 0 Å². The van der Waals surface area contributed by atoms with Gasteiger partial charge in [0, 0.05) is 34.3 Å². The van der Waals surface area contributed by atoms with E-state index < -0.39 is 0 Å². The van der Waals surface area contributed by atoms with Crippen molar-refractivity contribution in [3.63, 3.8) is 0 Å². The third-order valence-electron chi connectivity index (χ3n) is 5.05. The van der Waals surface area contributed by atoms with Gasteiger partial charge in [-0.25, -0.2) is 0 Å². The Morgan fingerprint density at radius 3 is 3.11 bits per heavy atom. The van der Waals surface area contributed by atoms with Crippen LogP contribution in [-0.2, 0) is 4.79 Å². The Bertz CT molecular complexity index is 557. The van der Waals surface area contributed by atoms with Crippen LogP contribution < -0.4 is 0 Å². The highest BCUT2D eigenvalue weighted by molar-refractivity contribution is 8.17. The number of hydrogen-bond donors (Lipinski definition) is 0. The minimum atomic E-state index is 0.115. The molecule has 0 amide bonds. The van der Waals surface area contributed by atoms with Crippen LogP contribution in [0, 0.1) is 5.41 Å². The first-order chi connectivity index (χ1) is 9.21. The molecule has 3 heterocycles. The fourth-order valence-corrected chi connectivity index (χ4v) is 5.47. The summed E-state index contributed by atoms with van der Waals surface area (Å²) in [4.78, 5) is 15.9. The molecule has 1 spiro atoms. The highest BCUT2D eigenvalue weighted by atomic mass is 32.2. The Morgan fingerprint density at radius 2 is 2.21 bits per heavy atom. The zero-order valence-corrected chi connectivity index (χ0v) is 12.2. The lowest BCUT2D eigenvalue weighted by Gasteiger charge is -2.45. The van der Waals surface area contributed by atoms with Crippen molar-refractivity contribution in [3.8, 4) is 0 Å². The molecule has 2 fully saturated rings. The second-order valence-corrected chi connectivity index (χ2v) is 7.19. The van der Waals surface area contributed by atoms with E-state index in [-0.39, 0.29) is 5.41 Å².